The molecule has 5 nitrogen and oxygen atoms in total. The molecule has 0 rings (SSSR count). The lowest BCUT2D eigenvalue weighted by Crippen LogP contribution is -2.28. The van der Waals surface area contributed by atoms with E-state index in [9.17, 15) is 14.7 Å². The summed E-state index contributed by atoms with van der Waals surface area (Å²) in [4.78, 5) is 23.7. The topological polar surface area (TPSA) is 72.8 Å². The first kappa shape index (κ1) is 26.8. The van der Waals surface area contributed by atoms with Gasteiger partial charge >= 0.3 is 5.97 Å². The van der Waals surface area contributed by atoms with E-state index in [1.807, 2.05) is 0 Å². The highest BCUT2D eigenvalue weighted by Crippen LogP contribution is 2.16. The molecule has 0 aromatic heterocycles. The van der Waals surface area contributed by atoms with Crippen molar-refractivity contribution in [2.24, 2.45) is 5.92 Å². The van der Waals surface area contributed by atoms with Gasteiger partial charge in [-0.25, -0.2) is 0 Å². The highest BCUT2D eigenvalue weighted by molar-refractivity contribution is 5.97. The van der Waals surface area contributed by atoms with Crippen LogP contribution in [0.2, 0.25) is 0 Å². The molecule has 164 valence electrons. The number of Topliss-reactive ketones (excluding diaryl/α,β-unsaturated/α-hetero) is 1. The van der Waals surface area contributed by atoms with Gasteiger partial charge in [-0.2, -0.15) is 0 Å². The Hall–Kier alpha value is -1.20. The predicted molar refractivity (Wildman–Crippen MR) is 113 cm³/mol. The van der Waals surface area contributed by atoms with Gasteiger partial charge in [-0.15, -0.1) is 0 Å². The minimum Gasteiger partial charge on any atom is -0.436 e. The lowest BCUT2D eigenvalue weighted by molar-refractivity contribution is -0.175. The normalized spacial score (nSPS) is 14.8. The number of unbranched alkanes of at least 4 members (excludes halogenated alkanes) is 7. The molecule has 0 aromatic carbocycles. The van der Waals surface area contributed by atoms with E-state index in [1.54, 1.807) is 6.92 Å². The van der Waals surface area contributed by atoms with Gasteiger partial charge < -0.3 is 14.6 Å². The van der Waals surface area contributed by atoms with E-state index in [4.69, 9.17) is 9.47 Å². The minimum atomic E-state index is -0.684. The Balaban J connectivity index is 3.77. The van der Waals surface area contributed by atoms with Gasteiger partial charge in [0.15, 0.2) is 6.29 Å². The molecule has 28 heavy (non-hydrogen) atoms. The van der Waals surface area contributed by atoms with E-state index in [2.05, 4.69) is 19.1 Å². The number of aliphatic hydroxyl groups is 1. The fourth-order valence-corrected chi connectivity index (χ4v) is 3.04. The highest BCUT2D eigenvalue weighted by Gasteiger charge is 2.25. The molecule has 0 aliphatic rings. The smallest absolute Gasteiger partial charge is 0.318 e. The summed E-state index contributed by atoms with van der Waals surface area (Å²) in [5.74, 6) is -1.32. The van der Waals surface area contributed by atoms with Crippen molar-refractivity contribution < 1.29 is 24.2 Å². The summed E-state index contributed by atoms with van der Waals surface area (Å²) in [6.45, 7) is 5.26. The fraction of sp³-hybridized carbons (Fsp3) is 0.826. The number of carbonyl (C=O) groups is 2. The maximum Gasteiger partial charge on any atom is 0.318 e. The first-order chi connectivity index (χ1) is 13.4. The van der Waals surface area contributed by atoms with E-state index in [1.165, 1.54) is 33.3 Å². The lowest BCUT2D eigenvalue weighted by Gasteiger charge is -2.16. The molecule has 0 saturated heterocycles. The van der Waals surface area contributed by atoms with Crippen molar-refractivity contribution in [2.75, 3.05) is 7.11 Å². The van der Waals surface area contributed by atoms with Crippen molar-refractivity contribution in [1.29, 1.82) is 0 Å². The summed E-state index contributed by atoms with van der Waals surface area (Å²) in [6, 6.07) is 0. The molecule has 3 unspecified atom stereocenters. The van der Waals surface area contributed by atoms with Crippen molar-refractivity contribution >= 4 is 11.8 Å². The summed E-state index contributed by atoms with van der Waals surface area (Å²) < 4.78 is 10.00. The molecule has 5 heteroatoms. The summed E-state index contributed by atoms with van der Waals surface area (Å²) in [6.07, 6.45) is 15.4. The standard InChI is InChI=1S/C23H42O5/c1-5-6-7-13-16-21(25)17-14-11-9-8-10-12-15-18-22(19(2)24)23(26)28-20(3)27-4/h11,14,20-22,25H,5-10,12-13,15-18H2,1-4H3/b14-11-. The van der Waals surface area contributed by atoms with Crippen molar-refractivity contribution in [3.63, 3.8) is 0 Å². The van der Waals surface area contributed by atoms with Gasteiger partial charge in [-0.3, -0.25) is 9.59 Å². The van der Waals surface area contributed by atoms with Crippen molar-refractivity contribution in [1.82, 2.24) is 0 Å². The van der Waals surface area contributed by atoms with E-state index in [0.717, 1.165) is 51.4 Å². The molecular weight excluding hydrogens is 356 g/mol. The molecule has 0 aromatic rings. The summed E-state index contributed by atoms with van der Waals surface area (Å²) in [7, 11) is 1.46. The number of carbonyl (C=O) groups excluding carboxylic acids is 2. The van der Waals surface area contributed by atoms with Crippen LogP contribution in [0.5, 0.6) is 0 Å². The predicted octanol–water partition coefficient (Wildman–Crippen LogP) is 5.35. The first-order valence-corrected chi connectivity index (χ1v) is 11.0. The molecule has 0 aliphatic heterocycles. The zero-order valence-corrected chi connectivity index (χ0v) is 18.5. The lowest BCUT2D eigenvalue weighted by atomic mass is 9.97. The summed E-state index contributed by atoms with van der Waals surface area (Å²) in [5, 5.41) is 9.91. The quantitative estimate of drug-likeness (QED) is 0.111. The molecule has 0 heterocycles. The Morgan fingerprint density at radius 3 is 2.25 bits per heavy atom. The first-order valence-electron chi connectivity index (χ1n) is 11.0. The number of hydrogen-bond donors (Lipinski definition) is 1. The van der Waals surface area contributed by atoms with Crippen LogP contribution < -0.4 is 0 Å². The monoisotopic (exact) mass is 398 g/mol. The van der Waals surface area contributed by atoms with Crippen LogP contribution in [0.4, 0.5) is 0 Å². The van der Waals surface area contributed by atoms with Gasteiger partial charge in [0.25, 0.3) is 0 Å². The van der Waals surface area contributed by atoms with Crippen molar-refractivity contribution in [3.8, 4) is 0 Å². The van der Waals surface area contributed by atoms with Gasteiger partial charge in [0.2, 0.25) is 0 Å². The number of methoxy groups -OCH3 is 1. The van der Waals surface area contributed by atoms with Crippen LogP contribution in [0.3, 0.4) is 0 Å². The Kier molecular flexibility index (Phi) is 17.1. The van der Waals surface area contributed by atoms with Crippen LogP contribution in [-0.2, 0) is 19.1 Å². The van der Waals surface area contributed by atoms with Gasteiger partial charge in [0, 0.05) is 7.11 Å². The van der Waals surface area contributed by atoms with Crippen LogP contribution in [0, 0.1) is 5.92 Å². The van der Waals surface area contributed by atoms with E-state index in [-0.39, 0.29) is 11.9 Å². The van der Waals surface area contributed by atoms with Crippen LogP contribution in [0.15, 0.2) is 12.2 Å². The Morgan fingerprint density at radius 1 is 0.964 bits per heavy atom. The number of ether oxygens (including phenoxy) is 2. The SMILES string of the molecule is CCCCCCC(O)C/C=C\CCCCCCC(C(C)=O)C(=O)OC(C)OC. The third-order valence-electron chi connectivity index (χ3n) is 4.97. The van der Waals surface area contributed by atoms with Crippen LogP contribution >= 0.6 is 0 Å². The summed E-state index contributed by atoms with van der Waals surface area (Å²) >= 11 is 0. The van der Waals surface area contributed by atoms with E-state index < -0.39 is 18.2 Å². The molecule has 0 spiro atoms. The molecule has 0 bridgehead atoms. The number of rotatable bonds is 18. The van der Waals surface area contributed by atoms with Crippen molar-refractivity contribution in [2.45, 2.75) is 110 Å². The molecular formula is C23H42O5. The highest BCUT2D eigenvalue weighted by atomic mass is 16.7. The largest absolute Gasteiger partial charge is 0.436 e. The number of ketones is 1. The van der Waals surface area contributed by atoms with Crippen LogP contribution in [0.1, 0.15) is 97.8 Å². The number of aliphatic hydroxyl groups excluding tert-OH is 1. The summed E-state index contributed by atoms with van der Waals surface area (Å²) in [5.41, 5.74) is 0. The molecule has 0 radical (unpaired) electrons. The average molecular weight is 399 g/mol. The van der Waals surface area contributed by atoms with Gasteiger partial charge in [-0.05, 0) is 46.0 Å². The average Bonchev–Trinajstić information content (AvgIpc) is 2.66. The van der Waals surface area contributed by atoms with Crippen LogP contribution in [-0.4, -0.2) is 36.4 Å². The second-order valence-corrected chi connectivity index (χ2v) is 7.61. The molecule has 0 amide bonds. The Morgan fingerprint density at radius 2 is 1.61 bits per heavy atom. The second-order valence-electron chi connectivity index (χ2n) is 7.61. The Labute approximate surface area is 171 Å². The number of hydrogen-bond acceptors (Lipinski definition) is 5. The van der Waals surface area contributed by atoms with Gasteiger partial charge in [0.1, 0.15) is 11.7 Å². The van der Waals surface area contributed by atoms with Gasteiger partial charge in [0.05, 0.1) is 6.10 Å². The fourth-order valence-electron chi connectivity index (χ4n) is 3.04. The van der Waals surface area contributed by atoms with Crippen LogP contribution in [0.25, 0.3) is 0 Å². The number of esters is 1. The molecule has 3 atom stereocenters. The third kappa shape index (κ3) is 14.8. The van der Waals surface area contributed by atoms with E-state index >= 15 is 0 Å². The molecule has 0 aliphatic carbocycles. The Bertz CT molecular complexity index is 433. The van der Waals surface area contributed by atoms with Crippen molar-refractivity contribution in [3.05, 3.63) is 12.2 Å². The third-order valence-corrected chi connectivity index (χ3v) is 4.97. The zero-order valence-electron chi connectivity index (χ0n) is 18.5. The minimum absolute atomic E-state index is 0.149. The maximum absolute atomic E-state index is 12.0. The molecule has 1 N–H and O–H groups in total. The second kappa shape index (κ2) is 17.9. The molecule has 0 saturated carbocycles. The van der Waals surface area contributed by atoms with Gasteiger partial charge in [-0.1, -0.05) is 64.0 Å². The zero-order chi connectivity index (χ0) is 21.2. The molecule has 0 fully saturated rings. The number of allylic oxidation sites excluding steroid dienone is 1. The maximum atomic E-state index is 12.0. The van der Waals surface area contributed by atoms with E-state index in [0.29, 0.717) is 6.42 Å².